The number of carbonyl (C=O) groups excluding carboxylic acids is 2. The van der Waals surface area contributed by atoms with Gasteiger partial charge in [0.2, 0.25) is 5.91 Å². The Kier molecular flexibility index (Phi) is 5.54. The van der Waals surface area contributed by atoms with Crippen LogP contribution >= 0.6 is 15.9 Å². The van der Waals surface area contributed by atoms with Crippen LogP contribution in [-0.2, 0) is 4.79 Å². The van der Waals surface area contributed by atoms with Gasteiger partial charge < -0.3 is 15.1 Å². The van der Waals surface area contributed by atoms with Crippen LogP contribution in [0.1, 0.15) is 36.0 Å². The minimum atomic E-state index is -0.233. The Morgan fingerprint density at radius 1 is 1.12 bits per heavy atom. The van der Waals surface area contributed by atoms with Gasteiger partial charge >= 0.3 is 0 Å². The smallest absolute Gasteiger partial charge is 0.238 e. The first-order chi connectivity index (χ1) is 12.5. The molecule has 0 bridgehead atoms. The minimum absolute atomic E-state index is 0.0159. The summed E-state index contributed by atoms with van der Waals surface area (Å²) >= 11 is 3.41. The number of carbonyl (C=O) groups is 2. The van der Waals surface area contributed by atoms with Crippen LogP contribution in [0, 0.1) is 0 Å². The second kappa shape index (κ2) is 7.85. The maximum atomic E-state index is 12.4. The Bertz CT molecular complexity index is 947. The summed E-state index contributed by atoms with van der Waals surface area (Å²) in [6.07, 6.45) is 0. The number of para-hydroxylation sites is 1. The number of furan rings is 1. The van der Waals surface area contributed by atoms with Crippen molar-refractivity contribution in [3.05, 3.63) is 64.3 Å². The summed E-state index contributed by atoms with van der Waals surface area (Å²) in [5, 5.41) is 6.71. The lowest BCUT2D eigenvalue weighted by atomic mass is 10.1. The van der Waals surface area contributed by atoms with E-state index < -0.39 is 0 Å². The van der Waals surface area contributed by atoms with E-state index in [1.165, 1.54) is 6.92 Å². The molecule has 6 heteroatoms. The molecule has 0 fully saturated rings. The molecular formula is C20H19BrN2O3. The first-order valence-electron chi connectivity index (χ1n) is 8.27. The predicted molar refractivity (Wildman–Crippen MR) is 105 cm³/mol. The average molecular weight is 415 g/mol. The molecule has 134 valence electrons. The standard InChI is InChI=1S/C20H19BrN2O3/c1-12(14-7-9-15(21)10-8-14)22-11-18(25)23-19-16-5-3-4-6-17(16)26-20(19)13(2)24/h3-10,12,22H,11H2,1-2H3,(H,23,25)/t12-/m1/s1. The Morgan fingerprint density at radius 2 is 1.81 bits per heavy atom. The molecule has 0 aliphatic rings. The van der Waals surface area contributed by atoms with Gasteiger partial charge in [0, 0.05) is 22.8 Å². The Morgan fingerprint density at radius 3 is 2.50 bits per heavy atom. The van der Waals surface area contributed by atoms with E-state index >= 15 is 0 Å². The number of Topliss-reactive ketones (excluding diaryl/α,β-unsaturated/α-hetero) is 1. The lowest BCUT2D eigenvalue weighted by molar-refractivity contribution is -0.115. The number of benzene rings is 2. The highest BCUT2D eigenvalue weighted by Crippen LogP contribution is 2.31. The molecule has 1 amide bonds. The van der Waals surface area contributed by atoms with E-state index in [0.717, 1.165) is 10.0 Å². The Balaban J connectivity index is 1.70. The van der Waals surface area contributed by atoms with Gasteiger partial charge in [-0.2, -0.15) is 0 Å². The van der Waals surface area contributed by atoms with E-state index in [2.05, 4.69) is 26.6 Å². The van der Waals surface area contributed by atoms with Gasteiger partial charge in [0.1, 0.15) is 5.58 Å². The molecule has 5 nitrogen and oxygen atoms in total. The zero-order chi connectivity index (χ0) is 18.7. The van der Waals surface area contributed by atoms with Gasteiger partial charge in [0.05, 0.1) is 12.2 Å². The highest BCUT2D eigenvalue weighted by molar-refractivity contribution is 9.10. The summed E-state index contributed by atoms with van der Waals surface area (Å²) < 4.78 is 6.59. The van der Waals surface area contributed by atoms with Gasteiger partial charge in [-0.05, 0) is 36.8 Å². The van der Waals surface area contributed by atoms with Crippen LogP contribution in [0.2, 0.25) is 0 Å². The SMILES string of the molecule is CC(=O)c1oc2ccccc2c1NC(=O)CN[C@H](C)c1ccc(Br)cc1. The number of halogens is 1. The summed E-state index contributed by atoms with van der Waals surface area (Å²) in [6.45, 7) is 3.53. The highest BCUT2D eigenvalue weighted by atomic mass is 79.9. The molecular weight excluding hydrogens is 396 g/mol. The number of rotatable bonds is 6. The molecule has 2 aromatic carbocycles. The van der Waals surface area contributed by atoms with Gasteiger partial charge in [-0.25, -0.2) is 0 Å². The van der Waals surface area contributed by atoms with Crippen LogP contribution in [0.4, 0.5) is 5.69 Å². The van der Waals surface area contributed by atoms with Crippen LogP contribution < -0.4 is 10.6 Å². The van der Waals surface area contributed by atoms with Crippen molar-refractivity contribution < 1.29 is 14.0 Å². The van der Waals surface area contributed by atoms with Crippen LogP contribution in [-0.4, -0.2) is 18.2 Å². The highest BCUT2D eigenvalue weighted by Gasteiger charge is 2.19. The molecule has 0 spiro atoms. The first-order valence-corrected chi connectivity index (χ1v) is 9.06. The lowest BCUT2D eigenvalue weighted by Gasteiger charge is -2.14. The molecule has 2 N–H and O–H groups in total. The molecule has 3 aromatic rings. The van der Waals surface area contributed by atoms with Crippen LogP contribution in [0.3, 0.4) is 0 Å². The fourth-order valence-corrected chi connectivity index (χ4v) is 2.98. The van der Waals surface area contributed by atoms with E-state index in [4.69, 9.17) is 4.42 Å². The largest absolute Gasteiger partial charge is 0.451 e. The number of hydrogen-bond donors (Lipinski definition) is 2. The third kappa shape index (κ3) is 4.03. The Labute approximate surface area is 159 Å². The third-order valence-corrected chi connectivity index (χ3v) is 4.65. The molecule has 3 rings (SSSR count). The third-order valence-electron chi connectivity index (χ3n) is 4.12. The molecule has 1 atom stereocenters. The van der Waals surface area contributed by atoms with Crippen molar-refractivity contribution in [2.75, 3.05) is 11.9 Å². The second-order valence-electron chi connectivity index (χ2n) is 6.06. The second-order valence-corrected chi connectivity index (χ2v) is 6.98. The van der Waals surface area contributed by atoms with Crippen molar-refractivity contribution in [1.82, 2.24) is 5.32 Å². The van der Waals surface area contributed by atoms with Crippen molar-refractivity contribution >= 4 is 44.3 Å². The van der Waals surface area contributed by atoms with Gasteiger partial charge in [0.15, 0.2) is 11.5 Å². The lowest BCUT2D eigenvalue weighted by Crippen LogP contribution is -2.30. The van der Waals surface area contributed by atoms with Crippen molar-refractivity contribution in [3.8, 4) is 0 Å². The van der Waals surface area contributed by atoms with Crippen molar-refractivity contribution in [2.24, 2.45) is 0 Å². The maximum Gasteiger partial charge on any atom is 0.238 e. The van der Waals surface area contributed by atoms with E-state index in [1.807, 2.05) is 49.4 Å². The normalized spacial score (nSPS) is 12.1. The van der Waals surface area contributed by atoms with E-state index in [1.54, 1.807) is 6.07 Å². The first kappa shape index (κ1) is 18.4. The summed E-state index contributed by atoms with van der Waals surface area (Å²) in [4.78, 5) is 24.2. The molecule has 0 unspecified atom stereocenters. The van der Waals surface area contributed by atoms with Crippen molar-refractivity contribution in [1.29, 1.82) is 0 Å². The van der Waals surface area contributed by atoms with Gasteiger partial charge in [0.25, 0.3) is 0 Å². The minimum Gasteiger partial charge on any atom is -0.451 e. The van der Waals surface area contributed by atoms with E-state index in [0.29, 0.717) is 16.7 Å². The van der Waals surface area contributed by atoms with Crippen LogP contribution in [0.15, 0.2) is 57.4 Å². The molecule has 0 radical (unpaired) electrons. The van der Waals surface area contributed by atoms with Gasteiger partial charge in [-0.3, -0.25) is 9.59 Å². The zero-order valence-corrected chi connectivity index (χ0v) is 16.1. The summed E-state index contributed by atoms with van der Waals surface area (Å²) in [5.74, 6) is -0.295. The fraction of sp³-hybridized carbons (Fsp3) is 0.200. The van der Waals surface area contributed by atoms with E-state index in [9.17, 15) is 9.59 Å². The number of amides is 1. The summed E-state index contributed by atoms with van der Waals surface area (Å²) in [7, 11) is 0. The molecule has 1 aromatic heterocycles. The quantitative estimate of drug-likeness (QED) is 0.574. The molecule has 0 aliphatic heterocycles. The number of ketones is 1. The number of nitrogens with one attached hydrogen (secondary N) is 2. The van der Waals surface area contributed by atoms with Gasteiger partial charge in [-0.15, -0.1) is 0 Å². The van der Waals surface area contributed by atoms with Gasteiger partial charge in [-0.1, -0.05) is 40.2 Å². The monoisotopic (exact) mass is 414 g/mol. The van der Waals surface area contributed by atoms with Crippen molar-refractivity contribution in [2.45, 2.75) is 19.9 Å². The average Bonchev–Trinajstić information content (AvgIpc) is 2.99. The fourth-order valence-electron chi connectivity index (χ4n) is 2.72. The molecule has 0 saturated heterocycles. The molecule has 0 aliphatic carbocycles. The van der Waals surface area contributed by atoms with Crippen molar-refractivity contribution in [3.63, 3.8) is 0 Å². The predicted octanol–water partition coefficient (Wildman–Crippen LogP) is 4.69. The van der Waals surface area contributed by atoms with Crippen LogP contribution in [0.25, 0.3) is 11.0 Å². The molecule has 26 heavy (non-hydrogen) atoms. The molecule has 1 heterocycles. The topological polar surface area (TPSA) is 71.3 Å². The maximum absolute atomic E-state index is 12.4. The number of fused-ring (bicyclic) bond motifs is 1. The van der Waals surface area contributed by atoms with E-state index in [-0.39, 0.29) is 30.0 Å². The Hall–Kier alpha value is -2.44. The summed E-state index contributed by atoms with van der Waals surface area (Å²) in [6, 6.07) is 15.2. The zero-order valence-electron chi connectivity index (χ0n) is 14.5. The summed E-state index contributed by atoms with van der Waals surface area (Å²) in [5.41, 5.74) is 2.08. The van der Waals surface area contributed by atoms with Crippen LogP contribution in [0.5, 0.6) is 0 Å². The molecule has 0 saturated carbocycles. The number of anilines is 1. The number of hydrogen-bond acceptors (Lipinski definition) is 4.